The summed E-state index contributed by atoms with van der Waals surface area (Å²) in [6.07, 6.45) is 3.29. The fourth-order valence-corrected chi connectivity index (χ4v) is 4.69. The second-order valence-corrected chi connectivity index (χ2v) is 9.79. The summed E-state index contributed by atoms with van der Waals surface area (Å²) in [5.74, 6) is 1.90. The number of hydrogen-bond acceptors (Lipinski definition) is 6. The van der Waals surface area contributed by atoms with Gasteiger partial charge in [0.2, 0.25) is 0 Å². The lowest BCUT2D eigenvalue weighted by Crippen LogP contribution is -1.83. The van der Waals surface area contributed by atoms with E-state index in [0.717, 1.165) is 56.2 Å². The number of phenols is 2. The third-order valence-corrected chi connectivity index (χ3v) is 6.94. The zero-order chi connectivity index (χ0) is 28.5. The van der Waals surface area contributed by atoms with Crippen molar-refractivity contribution in [3.8, 4) is 34.3 Å². The third kappa shape index (κ3) is 5.00. The molecule has 0 spiro atoms. The zero-order valence-corrected chi connectivity index (χ0v) is 22.2. The second kappa shape index (κ2) is 10.5. The number of para-hydroxylation sites is 2. The van der Waals surface area contributed by atoms with Gasteiger partial charge < -0.3 is 20.2 Å². The van der Waals surface area contributed by atoms with Gasteiger partial charge in [-0.15, -0.1) is 0 Å². The van der Waals surface area contributed by atoms with E-state index in [1.54, 1.807) is 36.7 Å². The molecule has 0 bridgehead atoms. The Kier molecular flexibility index (Phi) is 6.25. The predicted molar refractivity (Wildman–Crippen MR) is 167 cm³/mol. The first-order chi connectivity index (χ1) is 20.6. The van der Waals surface area contributed by atoms with E-state index in [1.807, 2.05) is 84.9 Å². The van der Waals surface area contributed by atoms with Crippen LogP contribution in [0.5, 0.6) is 11.5 Å². The molecule has 42 heavy (non-hydrogen) atoms. The van der Waals surface area contributed by atoms with E-state index in [9.17, 15) is 10.2 Å². The largest absolute Gasteiger partial charge is 0.507 e. The summed E-state index contributed by atoms with van der Waals surface area (Å²) in [5, 5.41) is 19.9. The molecule has 0 saturated heterocycles. The molecule has 8 nitrogen and oxygen atoms in total. The standard InChI is InChI=1S/C34H24N6O2/c41-31-7-3-1-5-23(31)19-35-25-13-15-27-29(17-25)39-33(37-27)21-9-11-22(12-10-21)34-38-28-16-14-26(18-30(28)40-34)36-20-24-6-2-4-8-32(24)42/h1-20,41-42H,(H,37,39)(H,38,40). The van der Waals surface area contributed by atoms with E-state index in [2.05, 4.69) is 20.0 Å². The van der Waals surface area contributed by atoms with Crippen molar-refractivity contribution in [3.05, 3.63) is 120 Å². The fourth-order valence-electron chi connectivity index (χ4n) is 4.69. The molecule has 0 fully saturated rings. The summed E-state index contributed by atoms with van der Waals surface area (Å²) in [6.45, 7) is 0. The number of aromatic hydroxyl groups is 2. The second-order valence-electron chi connectivity index (χ2n) is 9.79. The lowest BCUT2D eigenvalue weighted by atomic mass is 10.1. The molecule has 7 rings (SSSR count). The van der Waals surface area contributed by atoms with Crippen molar-refractivity contribution in [2.75, 3.05) is 0 Å². The van der Waals surface area contributed by atoms with Crippen LogP contribution in [0, 0.1) is 0 Å². The van der Waals surface area contributed by atoms with Gasteiger partial charge in [-0.25, -0.2) is 9.97 Å². The van der Waals surface area contributed by atoms with Crippen LogP contribution in [-0.2, 0) is 0 Å². The summed E-state index contributed by atoms with van der Waals surface area (Å²) < 4.78 is 0. The Morgan fingerprint density at radius 1 is 0.524 bits per heavy atom. The van der Waals surface area contributed by atoms with Gasteiger partial charge in [-0.3, -0.25) is 9.98 Å². The van der Waals surface area contributed by atoms with Gasteiger partial charge in [0.25, 0.3) is 0 Å². The Bertz CT molecular complexity index is 1970. The Morgan fingerprint density at radius 3 is 1.67 bits per heavy atom. The van der Waals surface area contributed by atoms with Crippen molar-refractivity contribution in [2.45, 2.75) is 0 Å². The van der Waals surface area contributed by atoms with Crippen LogP contribution in [0.2, 0.25) is 0 Å². The molecule has 0 radical (unpaired) electrons. The Hall–Kier alpha value is -6.02. The van der Waals surface area contributed by atoms with Gasteiger partial charge in [0, 0.05) is 34.7 Å². The van der Waals surface area contributed by atoms with E-state index in [4.69, 9.17) is 9.97 Å². The monoisotopic (exact) mass is 548 g/mol. The average Bonchev–Trinajstić information content (AvgIpc) is 3.64. The third-order valence-electron chi connectivity index (χ3n) is 6.94. The number of aromatic nitrogens is 4. The van der Waals surface area contributed by atoms with Gasteiger partial charge in [-0.05, 0) is 60.7 Å². The molecule has 4 N–H and O–H groups in total. The number of imidazole rings is 2. The number of aromatic amines is 2. The minimum atomic E-state index is 0.190. The van der Waals surface area contributed by atoms with E-state index < -0.39 is 0 Å². The summed E-state index contributed by atoms with van der Waals surface area (Å²) in [6, 6.07) is 33.8. The molecule has 2 aromatic heterocycles. The van der Waals surface area contributed by atoms with Gasteiger partial charge in [0.05, 0.1) is 33.4 Å². The molecule has 0 aliphatic rings. The van der Waals surface area contributed by atoms with Crippen molar-refractivity contribution in [3.63, 3.8) is 0 Å². The van der Waals surface area contributed by atoms with Crippen molar-refractivity contribution < 1.29 is 10.2 Å². The number of phenolic OH excluding ortho intramolecular Hbond substituents is 2. The maximum absolute atomic E-state index is 9.97. The molecular weight excluding hydrogens is 524 g/mol. The highest BCUT2D eigenvalue weighted by molar-refractivity contribution is 5.89. The van der Waals surface area contributed by atoms with E-state index in [0.29, 0.717) is 11.1 Å². The summed E-state index contributed by atoms with van der Waals surface area (Å²) >= 11 is 0. The van der Waals surface area contributed by atoms with Crippen molar-refractivity contribution >= 4 is 45.9 Å². The molecule has 202 valence electrons. The lowest BCUT2D eigenvalue weighted by Gasteiger charge is -1.99. The quantitative estimate of drug-likeness (QED) is 0.159. The molecule has 2 heterocycles. The number of aliphatic imine (C=N–C) groups is 2. The van der Waals surface area contributed by atoms with E-state index in [1.165, 1.54) is 0 Å². The maximum Gasteiger partial charge on any atom is 0.138 e. The molecule has 0 aliphatic heterocycles. The van der Waals surface area contributed by atoms with Crippen LogP contribution in [0.3, 0.4) is 0 Å². The number of fused-ring (bicyclic) bond motifs is 2. The van der Waals surface area contributed by atoms with Gasteiger partial charge >= 0.3 is 0 Å². The van der Waals surface area contributed by atoms with Crippen LogP contribution >= 0.6 is 0 Å². The normalized spacial score (nSPS) is 11.8. The van der Waals surface area contributed by atoms with Crippen LogP contribution in [0.25, 0.3) is 44.8 Å². The van der Waals surface area contributed by atoms with Crippen molar-refractivity contribution in [2.24, 2.45) is 9.98 Å². The zero-order valence-electron chi connectivity index (χ0n) is 22.2. The van der Waals surface area contributed by atoms with Crippen LogP contribution in [0.1, 0.15) is 11.1 Å². The molecule has 8 heteroatoms. The summed E-state index contributed by atoms with van der Waals surface area (Å²) in [5.41, 5.74) is 8.15. The van der Waals surface area contributed by atoms with Crippen LogP contribution in [-0.4, -0.2) is 42.6 Å². The molecule has 0 unspecified atom stereocenters. The Morgan fingerprint density at radius 2 is 1.05 bits per heavy atom. The minimum Gasteiger partial charge on any atom is -0.507 e. The molecule has 0 atom stereocenters. The Balaban J connectivity index is 1.10. The molecule has 5 aromatic carbocycles. The predicted octanol–water partition coefficient (Wildman–Crippen LogP) is 7.69. The molecule has 0 amide bonds. The van der Waals surface area contributed by atoms with Crippen molar-refractivity contribution in [1.82, 2.24) is 19.9 Å². The first-order valence-corrected chi connectivity index (χ1v) is 13.3. The maximum atomic E-state index is 9.97. The van der Waals surface area contributed by atoms with E-state index >= 15 is 0 Å². The molecular formula is C34H24N6O2. The van der Waals surface area contributed by atoms with Crippen LogP contribution < -0.4 is 0 Å². The number of hydrogen-bond donors (Lipinski definition) is 4. The van der Waals surface area contributed by atoms with Gasteiger partial charge in [-0.1, -0.05) is 48.5 Å². The first-order valence-electron chi connectivity index (χ1n) is 13.3. The number of H-pyrrole nitrogens is 2. The fraction of sp³-hybridized carbons (Fsp3) is 0. The lowest BCUT2D eigenvalue weighted by molar-refractivity contribution is 0.474. The smallest absolute Gasteiger partial charge is 0.138 e. The number of benzene rings is 5. The van der Waals surface area contributed by atoms with Crippen LogP contribution in [0.4, 0.5) is 11.4 Å². The number of nitrogens with one attached hydrogen (secondary N) is 2. The minimum absolute atomic E-state index is 0.190. The summed E-state index contributed by atoms with van der Waals surface area (Å²) in [7, 11) is 0. The molecule has 0 saturated carbocycles. The molecule has 0 aliphatic carbocycles. The van der Waals surface area contributed by atoms with Gasteiger partial charge in [0.1, 0.15) is 23.1 Å². The average molecular weight is 549 g/mol. The summed E-state index contributed by atoms with van der Waals surface area (Å²) in [4.78, 5) is 25.3. The highest BCUT2D eigenvalue weighted by atomic mass is 16.3. The van der Waals surface area contributed by atoms with Crippen molar-refractivity contribution in [1.29, 1.82) is 0 Å². The SMILES string of the molecule is Oc1ccccc1C=Nc1ccc2[nH]c(-c3ccc(-c4nc5ccc(N=Cc6ccccc6O)cc5[nH]4)cc3)nc2c1. The Labute approximate surface area is 240 Å². The highest BCUT2D eigenvalue weighted by Crippen LogP contribution is 2.28. The highest BCUT2D eigenvalue weighted by Gasteiger charge is 2.10. The van der Waals surface area contributed by atoms with E-state index in [-0.39, 0.29) is 11.5 Å². The van der Waals surface area contributed by atoms with Crippen LogP contribution in [0.15, 0.2) is 119 Å². The number of rotatable bonds is 6. The topological polar surface area (TPSA) is 123 Å². The number of nitrogens with zero attached hydrogens (tertiary/aromatic N) is 4. The first kappa shape index (κ1) is 25.0. The van der Waals surface area contributed by atoms with Gasteiger partial charge in [-0.2, -0.15) is 0 Å². The van der Waals surface area contributed by atoms with Gasteiger partial charge in [0.15, 0.2) is 0 Å². The molecule has 7 aromatic rings.